The van der Waals surface area contributed by atoms with E-state index in [4.69, 9.17) is 4.52 Å². The molecule has 2 amide bonds. The summed E-state index contributed by atoms with van der Waals surface area (Å²) in [7, 11) is -0.849. The molecule has 0 unspecified atom stereocenters. The summed E-state index contributed by atoms with van der Waals surface area (Å²) in [6, 6.07) is 0. The molecule has 1 heterocycles. The first-order valence-electron chi connectivity index (χ1n) is 10.0. The Morgan fingerprint density at radius 1 is 0.962 bits per heavy atom. The number of hydrogen-bond acceptors (Lipinski definition) is 5. The largest absolute Gasteiger partial charge is 0.329 e. The van der Waals surface area contributed by atoms with Gasteiger partial charge in [0.15, 0.2) is 8.45 Å². The molecule has 2 fully saturated rings. The molecule has 0 N–H and O–H groups in total. The van der Waals surface area contributed by atoms with E-state index in [2.05, 4.69) is 49.2 Å². The van der Waals surface area contributed by atoms with Gasteiger partial charge >= 0.3 is 0 Å². The maximum absolute atomic E-state index is 12.8. The molecule has 2 bridgehead atoms. The van der Waals surface area contributed by atoms with Crippen molar-refractivity contribution in [3.63, 3.8) is 0 Å². The van der Waals surface area contributed by atoms with E-state index in [1.807, 2.05) is 0 Å². The van der Waals surface area contributed by atoms with Crippen LogP contribution in [0.25, 0.3) is 0 Å². The molecular weight excluding hydrogens is 349 g/mol. The molecule has 0 aromatic heterocycles. The lowest BCUT2D eigenvalue weighted by Gasteiger charge is -2.36. The number of allylic oxidation sites excluding steroid dienone is 2. The van der Waals surface area contributed by atoms with Crippen LogP contribution in [0.5, 0.6) is 0 Å². The van der Waals surface area contributed by atoms with Crippen molar-refractivity contribution in [1.82, 2.24) is 14.2 Å². The zero-order valence-corrected chi connectivity index (χ0v) is 17.3. The topological polar surface area (TPSA) is 53.1 Å². The highest BCUT2D eigenvalue weighted by molar-refractivity contribution is 7.47. The van der Waals surface area contributed by atoms with Crippen LogP contribution in [0, 0.1) is 23.7 Å². The highest BCUT2D eigenvalue weighted by atomic mass is 31.2. The lowest BCUT2D eigenvalue weighted by atomic mass is 9.85. The predicted octanol–water partition coefficient (Wildman–Crippen LogP) is 2.72. The number of carbonyl (C=O) groups is 2. The first-order chi connectivity index (χ1) is 12.6. The molecule has 1 saturated heterocycles. The van der Waals surface area contributed by atoms with Crippen LogP contribution in [0.2, 0.25) is 0 Å². The fraction of sp³-hybridized carbons (Fsp3) is 0.789. The van der Waals surface area contributed by atoms with Crippen LogP contribution in [0.1, 0.15) is 34.1 Å². The van der Waals surface area contributed by atoms with Gasteiger partial charge in [-0.05, 0) is 18.3 Å². The summed E-state index contributed by atoms with van der Waals surface area (Å²) in [5.74, 6) is 0.381. The van der Waals surface area contributed by atoms with E-state index in [0.717, 1.165) is 32.6 Å². The number of amides is 2. The van der Waals surface area contributed by atoms with Crippen LogP contribution >= 0.6 is 8.45 Å². The monoisotopic (exact) mass is 381 g/mol. The number of fused-ring (bicyclic) bond motifs is 5. The van der Waals surface area contributed by atoms with E-state index in [1.54, 1.807) is 0 Å². The standard InChI is InChI=1S/C19H32N3O3P/c1-5-20(6-2)26(21(7-3)8-4)25-12-11-22-18(23)16-14-9-10-15(13-14)17(16)19(22)24/h9-10,14-17H,5-8,11-13H2,1-4H3/t14-,15+,16+,17-. The molecular formula is C19H32N3O3P. The van der Waals surface area contributed by atoms with Gasteiger partial charge < -0.3 is 4.52 Å². The van der Waals surface area contributed by atoms with Crippen molar-refractivity contribution < 1.29 is 14.1 Å². The van der Waals surface area contributed by atoms with Crippen LogP contribution in [-0.4, -0.2) is 65.4 Å². The Balaban J connectivity index is 1.59. The Morgan fingerprint density at radius 2 is 1.42 bits per heavy atom. The van der Waals surface area contributed by atoms with Crippen LogP contribution in [0.15, 0.2) is 12.2 Å². The average molecular weight is 381 g/mol. The first-order valence-corrected chi connectivity index (χ1v) is 11.2. The Labute approximate surface area is 158 Å². The SMILES string of the molecule is CCN(CC)P(OCCN1C(=O)[C@@H]2[C@H](C1=O)[C@H]1C=C[C@@H]2C1)N(CC)CC. The average Bonchev–Trinajstić information content (AvgIpc) is 3.32. The van der Waals surface area contributed by atoms with Crippen LogP contribution in [-0.2, 0) is 14.1 Å². The Morgan fingerprint density at radius 3 is 1.85 bits per heavy atom. The number of carbonyl (C=O) groups excluding carboxylic acids is 2. The molecule has 0 spiro atoms. The summed E-state index contributed by atoms with van der Waals surface area (Å²) in [5.41, 5.74) is 0. The van der Waals surface area contributed by atoms with Gasteiger partial charge in [0.05, 0.1) is 25.0 Å². The van der Waals surface area contributed by atoms with E-state index >= 15 is 0 Å². The van der Waals surface area contributed by atoms with Crippen molar-refractivity contribution >= 4 is 20.3 Å². The maximum atomic E-state index is 12.8. The maximum Gasteiger partial charge on any atom is 0.233 e. The molecule has 0 aromatic rings. The molecule has 0 radical (unpaired) electrons. The second-order valence-corrected chi connectivity index (χ2v) is 9.09. The minimum atomic E-state index is -0.849. The van der Waals surface area contributed by atoms with Crippen molar-refractivity contribution in [2.24, 2.45) is 23.7 Å². The minimum absolute atomic E-state index is 0.0236. The highest BCUT2D eigenvalue weighted by Crippen LogP contribution is 2.52. The second-order valence-electron chi connectivity index (χ2n) is 7.19. The number of nitrogens with zero attached hydrogens (tertiary/aromatic N) is 3. The number of hydrogen-bond donors (Lipinski definition) is 0. The molecule has 146 valence electrons. The van der Waals surface area contributed by atoms with Crippen molar-refractivity contribution in [3.05, 3.63) is 12.2 Å². The zero-order valence-electron chi connectivity index (χ0n) is 16.4. The zero-order chi connectivity index (χ0) is 18.8. The Kier molecular flexibility index (Phi) is 6.50. The van der Waals surface area contributed by atoms with Gasteiger partial charge in [-0.25, -0.2) is 9.34 Å². The molecule has 7 heteroatoms. The quantitative estimate of drug-likeness (QED) is 0.331. The molecule has 6 nitrogen and oxygen atoms in total. The van der Waals surface area contributed by atoms with Gasteiger partial charge in [0.25, 0.3) is 0 Å². The smallest absolute Gasteiger partial charge is 0.233 e. The summed E-state index contributed by atoms with van der Waals surface area (Å²) in [6.07, 6.45) is 5.25. The van der Waals surface area contributed by atoms with Crippen molar-refractivity contribution in [2.45, 2.75) is 34.1 Å². The van der Waals surface area contributed by atoms with E-state index in [1.165, 1.54) is 4.90 Å². The van der Waals surface area contributed by atoms with Gasteiger partial charge in [0.1, 0.15) is 0 Å². The molecule has 4 atom stereocenters. The number of likely N-dealkylation sites (tertiary alicyclic amines) is 1. The molecule has 1 aliphatic heterocycles. The third kappa shape index (κ3) is 3.37. The lowest BCUT2D eigenvalue weighted by Crippen LogP contribution is -2.36. The van der Waals surface area contributed by atoms with Crippen molar-refractivity contribution in [3.8, 4) is 0 Å². The Bertz CT molecular complexity index is 520. The highest BCUT2D eigenvalue weighted by Gasteiger charge is 2.59. The number of rotatable bonds is 10. The number of imide groups is 1. The van der Waals surface area contributed by atoms with Crippen molar-refractivity contribution in [1.29, 1.82) is 0 Å². The third-order valence-corrected chi connectivity index (χ3v) is 8.54. The van der Waals surface area contributed by atoms with Gasteiger partial charge in [-0.2, -0.15) is 0 Å². The molecule has 0 aromatic carbocycles. The van der Waals surface area contributed by atoms with Gasteiger partial charge in [0.2, 0.25) is 11.8 Å². The van der Waals surface area contributed by atoms with E-state index in [-0.39, 0.29) is 35.5 Å². The normalized spacial score (nSPS) is 29.9. The molecule has 1 saturated carbocycles. The fourth-order valence-electron chi connectivity index (χ4n) is 4.67. The molecule has 3 aliphatic rings. The Hall–Kier alpha value is -0.810. The van der Waals surface area contributed by atoms with E-state index < -0.39 is 8.45 Å². The van der Waals surface area contributed by atoms with Crippen LogP contribution in [0.3, 0.4) is 0 Å². The van der Waals surface area contributed by atoms with Crippen LogP contribution in [0.4, 0.5) is 0 Å². The third-order valence-electron chi connectivity index (χ3n) is 6.03. The molecule has 3 rings (SSSR count). The van der Waals surface area contributed by atoms with Crippen LogP contribution < -0.4 is 0 Å². The van der Waals surface area contributed by atoms with Gasteiger partial charge in [-0.3, -0.25) is 14.5 Å². The molecule has 2 aliphatic carbocycles. The van der Waals surface area contributed by atoms with Gasteiger partial charge in [-0.1, -0.05) is 39.8 Å². The summed E-state index contributed by atoms with van der Waals surface area (Å²) < 4.78 is 10.9. The molecule has 26 heavy (non-hydrogen) atoms. The predicted molar refractivity (Wildman–Crippen MR) is 103 cm³/mol. The van der Waals surface area contributed by atoms with Gasteiger partial charge in [-0.15, -0.1) is 0 Å². The summed E-state index contributed by atoms with van der Waals surface area (Å²) >= 11 is 0. The summed E-state index contributed by atoms with van der Waals surface area (Å²) in [6.45, 7) is 13.1. The fourth-order valence-corrected chi connectivity index (χ4v) is 6.57. The summed E-state index contributed by atoms with van der Waals surface area (Å²) in [4.78, 5) is 27.0. The first kappa shape index (κ1) is 19.9. The van der Waals surface area contributed by atoms with Crippen molar-refractivity contribution in [2.75, 3.05) is 39.3 Å². The minimum Gasteiger partial charge on any atom is -0.329 e. The lowest BCUT2D eigenvalue weighted by molar-refractivity contribution is -0.141. The van der Waals surface area contributed by atoms with Gasteiger partial charge in [0, 0.05) is 26.2 Å². The second kappa shape index (κ2) is 8.47. The van der Waals surface area contributed by atoms with E-state index in [9.17, 15) is 9.59 Å². The summed E-state index contributed by atoms with van der Waals surface area (Å²) in [5, 5.41) is 0. The van der Waals surface area contributed by atoms with E-state index in [0.29, 0.717) is 13.2 Å².